The van der Waals surface area contributed by atoms with Gasteiger partial charge < -0.3 is 10.9 Å². The van der Waals surface area contributed by atoms with Gasteiger partial charge in [0.25, 0.3) is 0 Å². The lowest BCUT2D eigenvalue weighted by molar-refractivity contribution is 0.318. The summed E-state index contributed by atoms with van der Waals surface area (Å²) < 4.78 is 1.67. The molecule has 6 nitrogen and oxygen atoms in total. The Balaban J connectivity index is 2.65. The predicted octanol–water partition coefficient (Wildman–Crippen LogP) is 2.10. The highest BCUT2D eigenvalue weighted by Crippen LogP contribution is 2.19. The summed E-state index contributed by atoms with van der Waals surface area (Å²) in [6, 6.07) is 3.84. The smallest absolute Gasteiger partial charge is 0.174 e. The Hall–Kier alpha value is -2.37. The molecule has 3 N–H and O–H groups in total. The van der Waals surface area contributed by atoms with Crippen LogP contribution in [0.1, 0.15) is 42.3 Å². The van der Waals surface area contributed by atoms with Crippen LogP contribution in [-0.4, -0.2) is 25.8 Å². The molecule has 2 rings (SSSR count). The van der Waals surface area contributed by atoms with Gasteiger partial charge in [0.2, 0.25) is 0 Å². The summed E-state index contributed by atoms with van der Waals surface area (Å²) in [6.45, 7) is 7.95. The largest absolute Gasteiger partial charge is 0.409 e. The van der Waals surface area contributed by atoms with Gasteiger partial charge in [-0.3, -0.25) is 0 Å². The van der Waals surface area contributed by atoms with Crippen molar-refractivity contribution >= 4 is 5.84 Å². The molecule has 106 valence electrons. The molecule has 6 heteroatoms. The van der Waals surface area contributed by atoms with Crippen LogP contribution < -0.4 is 5.73 Å². The summed E-state index contributed by atoms with van der Waals surface area (Å²) in [6.07, 6.45) is 1.84. The first-order valence-corrected chi connectivity index (χ1v) is 6.46. The van der Waals surface area contributed by atoms with Gasteiger partial charge in [-0.25, -0.2) is 9.67 Å². The summed E-state index contributed by atoms with van der Waals surface area (Å²) in [5, 5.41) is 16.5. The number of hydrogen-bond acceptors (Lipinski definition) is 4. The van der Waals surface area contributed by atoms with Crippen LogP contribution in [0.4, 0.5) is 0 Å². The number of aryl methyl sites for hydroxylation is 2. The third kappa shape index (κ3) is 2.49. The topological polar surface area (TPSA) is 89.3 Å². The minimum Gasteiger partial charge on any atom is -0.409 e. The van der Waals surface area contributed by atoms with E-state index in [2.05, 4.69) is 29.1 Å². The average Bonchev–Trinajstić information content (AvgIpc) is 2.86. The maximum atomic E-state index is 8.95. The van der Waals surface area contributed by atoms with E-state index in [0.29, 0.717) is 17.3 Å². The molecule has 0 saturated carbocycles. The van der Waals surface area contributed by atoms with Gasteiger partial charge in [-0.1, -0.05) is 19.0 Å². The van der Waals surface area contributed by atoms with Crippen molar-refractivity contribution in [1.29, 1.82) is 0 Å². The second kappa shape index (κ2) is 5.32. The van der Waals surface area contributed by atoms with Crippen LogP contribution in [0.2, 0.25) is 0 Å². The van der Waals surface area contributed by atoms with Gasteiger partial charge in [0.1, 0.15) is 0 Å². The summed E-state index contributed by atoms with van der Waals surface area (Å²) in [5.41, 5.74) is 9.08. The van der Waals surface area contributed by atoms with Crippen LogP contribution in [0.25, 0.3) is 5.82 Å². The Labute approximate surface area is 117 Å². The fourth-order valence-corrected chi connectivity index (χ4v) is 2.11. The highest BCUT2D eigenvalue weighted by Gasteiger charge is 2.16. The van der Waals surface area contributed by atoms with E-state index in [-0.39, 0.29) is 5.84 Å². The Kier molecular flexibility index (Phi) is 3.74. The lowest BCUT2D eigenvalue weighted by Gasteiger charge is -2.12. The number of aromatic nitrogens is 3. The molecule has 0 atom stereocenters. The monoisotopic (exact) mass is 273 g/mol. The molecule has 0 aromatic carbocycles. The quantitative estimate of drug-likeness (QED) is 0.388. The lowest BCUT2D eigenvalue weighted by Crippen LogP contribution is -2.20. The average molecular weight is 273 g/mol. The standard InChI is InChI=1S/C14H19N5O/c1-8(2)11-5-6-19(17-11)14-12(13(15)18-20)9(3)7-10(4)16-14/h5-8,20H,1-4H3,(H2,15,18). The van der Waals surface area contributed by atoms with Crippen molar-refractivity contribution < 1.29 is 5.21 Å². The van der Waals surface area contributed by atoms with Crippen molar-refractivity contribution in [3.05, 3.63) is 40.8 Å². The van der Waals surface area contributed by atoms with Crippen molar-refractivity contribution in [3.8, 4) is 5.82 Å². The minimum absolute atomic E-state index is 0.0339. The summed E-state index contributed by atoms with van der Waals surface area (Å²) in [4.78, 5) is 4.47. The molecule has 0 aliphatic heterocycles. The van der Waals surface area contributed by atoms with Gasteiger partial charge in [0, 0.05) is 11.9 Å². The molecular weight excluding hydrogens is 254 g/mol. The van der Waals surface area contributed by atoms with Crippen LogP contribution in [-0.2, 0) is 0 Å². The van der Waals surface area contributed by atoms with Gasteiger partial charge >= 0.3 is 0 Å². The van der Waals surface area contributed by atoms with Crippen molar-refractivity contribution in [2.75, 3.05) is 0 Å². The van der Waals surface area contributed by atoms with Gasteiger partial charge in [-0.2, -0.15) is 5.10 Å². The number of oxime groups is 1. The first-order chi connectivity index (χ1) is 9.43. The molecule has 20 heavy (non-hydrogen) atoms. The predicted molar refractivity (Wildman–Crippen MR) is 77.4 cm³/mol. The molecule has 0 fully saturated rings. The molecule has 2 aromatic heterocycles. The Morgan fingerprint density at radius 1 is 1.40 bits per heavy atom. The molecular formula is C14H19N5O. The zero-order valence-electron chi connectivity index (χ0n) is 12.1. The van der Waals surface area contributed by atoms with E-state index in [9.17, 15) is 0 Å². The van der Waals surface area contributed by atoms with Crippen molar-refractivity contribution in [1.82, 2.24) is 14.8 Å². The third-order valence-electron chi connectivity index (χ3n) is 3.11. The maximum Gasteiger partial charge on any atom is 0.174 e. The number of nitrogens with zero attached hydrogens (tertiary/aromatic N) is 4. The molecule has 2 heterocycles. The van der Waals surface area contributed by atoms with E-state index in [4.69, 9.17) is 10.9 Å². The van der Waals surface area contributed by atoms with Gasteiger partial charge in [-0.15, -0.1) is 0 Å². The molecule has 0 saturated heterocycles. The molecule has 0 spiro atoms. The molecule has 0 amide bonds. The number of rotatable bonds is 3. The molecule has 2 aromatic rings. The van der Waals surface area contributed by atoms with E-state index in [1.807, 2.05) is 32.2 Å². The first kappa shape index (κ1) is 14.0. The summed E-state index contributed by atoms with van der Waals surface area (Å²) >= 11 is 0. The van der Waals surface area contributed by atoms with Crippen LogP contribution in [0.15, 0.2) is 23.5 Å². The molecule has 0 aliphatic carbocycles. The van der Waals surface area contributed by atoms with Gasteiger partial charge in [-0.05, 0) is 37.5 Å². The van der Waals surface area contributed by atoms with Crippen molar-refractivity contribution in [3.63, 3.8) is 0 Å². The van der Waals surface area contributed by atoms with Crippen LogP contribution >= 0.6 is 0 Å². The number of amidine groups is 1. The van der Waals surface area contributed by atoms with Gasteiger partial charge in [0.05, 0.1) is 11.3 Å². The van der Waals surface area contributed by atoms with E-state index >= 15 is 0 Å². The Morgan fingerprint density at radius 3 is 2.65 bits per heavy atom. The molecule has 0 radical (unpaired) electrons. The zero-order chi connectivity index (χ0) is 14.9. The lowest BCUT2D eigenvalue weighted by atomic mass is 10.1. The summed E-state index contributed by atoms with van der Waals surface area (Å²) in [7, 11) is 0. The molecule has 0 bridgehead atoms. The highest BCUT2D eigenvalue weighted by molar-refractivity contribution is 6.01. The summed E-state index contributed by atoms with van der Waals surface area (Å²) in [5.74, 6) is 0.936. The normalized spacial score (nSPS) is 12.2. The number of hydrogen-bond donors (Lipinski definition) is 2. The van der Waals surface area contributed by atoms with Gasteiger partial charge in [0.15, 0.2) is 11.7 Å². The fraction of sp³-hybridized carbons (Fsp3) is 0.357. The van der Waals surface area contributed by atoms with E-state index < -0.39 is 0 Å². The van der Waals surface area contributed by atoms with Crippen LogP contribution in [0.5, 0.6) is 0 Å². The van der Waals surface area contributed by atoms with Crippen molar-refractivity contribution in [2.24, 2.45) is 10.9 Å². The Morgan fingerprint density at radius 2 is 2.10 bits per heavy atom. The molecule has 0 aliphatic rings. The second-order valence-corrected chi connectivity index (χ2v) is 5.10. The van der Waals surface area contributed by atoms with Crippen LogP contribution in [0.3, 0.4) is 0 Å². The SMILES string of the molecule is Cc1cc(C)c(C(N)=NO)c(-n2ccc(C(C)C)n2)n1. The molecule has 0 unspecified atom stereocenters. The number of pyridine rings is 1. The van der Waals surface area contributed by atoms with E-state index in [1.54, 1.807) is 4.68 Å². The van der Waals surface area contributed by atoms with Crippen molar-refractivity contribution in [2.45, 2.75) is 33.6 Å². The van der Waals surface area contributed by atoms with E-state index in [1.165, 1.54) is 0 Å². The maximum absolute atomic E-state index is 8.95. The second-order valence-electron chi connectivity index (χ2n) is 5.10. The number of nitrogens with two attached hydrogens (primary N) is 1. The highest BCUT2D eigenvalue weighted by atomic mass is 16.4. The Bertz CT molecular complexity index is 658. The van der Waals surface area contributed by atoms with E-state index in [0.717, 1.165) is 17.0 Å². The zero-order valence-corrected chi connectivity index (χ0v) is 12.1. The minimum atomic E-state index is 0.0339. The fourth-order valence-electron chi connectivity index (χ4n) is 2.11. The first-order valence-electron chi connectivity index (χ1n) is 6.46. The third-order valence-corrected chi connectivity index (χ3v) is 3.11. The van der Waals surface area contributed by atoms with Crippen LogP contribution in [0, 0.1) is 13.8 Å².